The number of nitrogens with one attached hydrogen (secondary N) is 1. The summed E-state index contributed by atoms with van der Waals surface area (Å²) >= 11 is 1.24. The highest BCUT2D eigenvalue weighted by molar-refractivity contribution is 7.21. The van der Waals surface area contributed by atoms with Gasteiger partial charge in [-0.15, -0.1) is 0 Å². The predicted octanol–water partition coefficient (Wildman–Crippen LogP) is 3.11. The van der Waals surface area contributed by atoms with Gasteiger partial charge in [-0.05, 0) is 51.0 Å². The van der Waals surface area contributed by atoms with E-state index in [0.29, 0.717) is 58.1 Å². The molecule has 0 spiro atoms. The number of ether oxygens (including phenoxy) is 3. The van der Waals surface area contributed by atoms with Crippen molar-refractivity contribution in [1.29, 1.82) is 0 Å². The molecule has 2 atom stereocenters. The number of aryl methyl sites for hydroxylation is 1. The van der Waals surface area contributed by atoms with Gasteiger partial charge in [0.15, 0.2) is 0 Å². The summed E-state index contributed by atoms with van der Waals surface area (Å²) in [5.74, 6) is -0.483. The Balaban J connectivity index is 1.72. The number of piperidine rings is 1. The summed E-state index contributed by atoms with van der Waals surface area (Å²) in [5, 5.41) is 8.07. The molecule has 3 aromatic heterocycles. The summed E-state index contributed by atoms with van der Waals surface area (Å²) in [6.45, 7) is 5.02. The van der Waals surface area contributed by atoms with Crippen LogP contribution in [0.5, 0.6) is 5.75 Å². The Labute approximate surface area is 239 Å². The number of amides is 1. The van der Waals surface area contributed by atoms with Crippen molar-refractivity contribution in [2.75, 3.05) is 33.5 Å². The summed E-state index contributed by atoms with van der Waals surface area (Å²) in [6.07, 6.45) is 3.52. The van der Waals surface area contributed by atoms with Crippen LogP contribution < -0.4 is 21.3 Å². The molecule has 5 rings (SSSR count). The third kappa shape index (κ3) is 5.56. The lowest BCUT2D eigenvalue weighted by molar-refractivity contribution is -0.126. The fourth-order valence-electron chi connectivity index (χ4n) is 5.16. The molecule has 1 saturated heterocycles. The minimum Gasteiger partial charge on any atom is -0.496 e. The maximum Gasteiger partial charge on any atom is 0.332 e. The number of aromatic nitrogens is 4. The molecular weight excluding hydrogens is 553 g/mol. The molecular formula is C28H32FN5O6S. The highest BCUT2D eigenvalue weighted by Crippen LogP contribution is 2.34. The van der Waals surface area contributed by atoms with Crippen molar-refractivity contribution in [3.8, 4) is 10.8 Å². The van der Waals surface area contributed by atoms with E-state index in [1.165, 1.54) is 41.2 Å². The van der Waals surface area contributed by atoms with Crippen molar-refractivity contribution in [1.82, 2.24) is 24.2 Å². The zero-order valence-electron chi connectivity index (χ0n) is 23.1. The van der Waals surface area contributed by atoms with E-state index >= 15 is 0 Å². The molecule has 13 heteroatoms. The fourth-order valence-corrected chi connectivity index (χ4v) is 6.40. The number of nitrogens with zero attached hydrogens (tertiary/aromatic N) is 4. The lowest BCUT2D eigenvalue weighted by Crippen LogP contribution is -2.49. The second kappa shape index (κ2) is 12.4. The van der Waals surface area contributed by atoms with Gasteiger partial charge in [-0.1, -0.05) is 11.3 Å². The minimum atomic E-state index is -0.951. The second-order valence-electron chi connectivity index (χ2n) is 9.62. The highest BCUT2D eigenvalue weighted by Gasteiger charge is 2.31. The molecule has 1 aliphatic rings. The van der Waals surface area contributed by atoms with E-state index in [0.717, 1.165) is 4.57 Å². The molecule has 4 heterocycles. The Morgan fingerprint density at radius 2 is 2.07 bits per heavy atom. The number of thiophene rings is 1. The SMILES string of the molecule is CCOCCO[C@@H](Cn1c(=O)n(C2CCCNC2=O)c(=O)c2c(C)c(-n3cccn3)sc21)c1cc(F)ccc1OC. The first kappa shape index (κ1) is 28.7. The molecule has 0 aliphatic carbocycles. The lowest BCUT2D eigenvalue weighted by atomic mass is 10.1. The topological polar surface area (TPSA) is 119 Å². The van der Waals surface area contributed by atoms with Crippen molar-refractivity contribution in [3.63, 3.8) is 0 Å². The molecule has 0 radical (unpaired) electrons. The number of rotatable bonds is 11. The second-order valence-corrected chi connectivity index (χ2v) is 10.6. The Morgan fingerprint density at radius 1 is 1.24 bits per heavy atom. The van der Waals surface area contributed by atoms with Crippen LogP contribution >= 0.6 is 11.3 Å². The zero-order valence-corrected chi connectivity index (χ0v) is 23.9. The van der Waals surface area contributed by atoms with Gasteiger partial charge in [0.2, 0.25) is 5.91 Å². The van der Waals surface area contributed by atoms with Gasteiger partial charge in [0, 0.05) is 36.7 Å². The monoisotopic (exact) mass is 585 g/mol. The minimum absolute atomic E-state index is 0.0750. The van der Waals surface area contributed by atoms with Gasteiger partial charge in [-0.3, -0.25) is 14.2 Å². The molecule has 1 amide bonds. The molecule has 218 valence electrons. The fraction of sp³-hybridized carbons (Fsp3) is 0.429. The standard InChI is InChI=1S/C28H32FN5O6S/c1-4-39-13-14-40-22(19-15-18(29)8-9-21(19)38-3)16-32-27-23(17(2)26(41-27)33-12-6-11-31-33)25(36)34(28(32)37)20-7-5-10-30-24(20)35/h6,8-9,11-12,15,20,22H,4-5,7,10,13-14,16H2,1-3H3,(H,30,35)/t20?,22-/m0/s1. The van der Waals surface area contributed by atoms with Crippen LogP contribution in [0.3, 0.4) is 0 Å². The van der Waals surface area contributed by atoms with E-state index < -0.39 is 29.2 Å². The van der Waals surface area contributed by atoms with Crippen LogP contribution in [0.25, 0.3) is 15.2 Å². The Kier molecular flexibility index (Phi) is 8.66. The largest absolute Gasteiger partial charge is 0.496 e. The molecule has 1 N–H and O–H groups in total. The number of hydrogen-bond donors (Lipinski definition) is 1. The molecule has 0 bridgehead atoms. The molecule has 1 aliphatic heterocycles. The van der Waals surface area contributed by atoms with Gasteiger partial charge < -0.3 is 19.5 Å². The zero-order chi connectivity index (χ0) is 29.1. The number of fused-ring (bicyclic) bond motifs is 1. The van der Waals surface area contributed by atoms with Crippen molar-refractivity contribution >= 4 is 27.5 Å². The molecule has 41 heavy (non-hydrogen) atoms. The predicted molar refractivity (Wildman–Crippen MR) is 152 cm³/mol. The third-order valence-electron chi connectivity index (χ3n) is 7.14. The van der Waals surface area contributed by atoms with Crippen LogP contribution in [0, 0.1) is 12.7 Å². The maximum atomic E-state index is 14.5. The molecule has 1 aromatic carbocycles. The highest BCUT2D eigenvalue weighted by atomic mass is 32.1. The van der Waals surface area contributed by atoms with E-state index in [2.05, 4.69) is 10.4 Å². The number of halogens is 1. The lowest BCUT2D eigenvalue weighted by Gasteiger charge is -2.26. The van der Waals surface area contributed by atoms with Crippen LogP contribution in [0.15, 0.2) is 46.2 Å². The van der Waals surface area contributed by atoms with Crippen molar-refractivity contribution < 1.29 is 23.4 Å². The quantitative estimate of drug-likeness (QED) is 0.269. The average molecular weight is 586 g/mol. The van der Waals surface area contributed by atoms with Gasteiger partial charge in [0.25, 0.3) is 5.56 Å². The van der Waals surface area contributed by atoms with Gasteiger partial charge in [0.05, 0.1) is 32.3 Å². The van der Waals surface area contributed by atoms with Crippen molar-refractivity contribution in [2.45, 2.75) is 45.4 Å². The first-order valence-corrected chi connectivity index (χ1v) is 14.3. The first-order chi connectivity index (χ1) is 19.8. The van der Waals surface area contributed by atoms with E-state index in [1.54, 1.807) is 30.1 Å². The number of carbonyl (C=O) groups excluding carboxylic acids is 1. The van der Waals surface area contributed by atoms with Gasteiger partial charge in [0.1, 0.15) is 33.5 Å². The first-order valence-electron chi connectivity index (χ1n) is 13.4. The summed E-state index contributed by atoms with van der Waals surface area (Å²) < 4.78 is 35.7. The molecule has 1 unspecified atom stereocenters. The normalized spacial score (nSPS) is 16.2. The van der Waals surface area contributed by atoms with Gasteiger partial charge in [-0.25, -0.2) is 18.4 Å². The van der Waals surface area contributed by atoms with Gasteiger partial charge in [-0.2, -0.15) is 5.10 Å². The smallest absolute Gasteiger partial charge is 0.332 e. The summed E-state index contributed by atoms with van der Waals surface area (Å²) in [5.41, 5.74) is -0.147. The van der Waals surface area contributed by atoms with Crippen LogP contribution in [-0.4, -0.2) is 58.3 Å². The van der Waals surface area contributed by atoms with E-state index in [9.17, 15) is 18.8 Å². The summed E-state index contributed by atoms with van der Waals surface area (Å²) in [4.78, 5) is 41.4. The van der Waals surface area contributed by atoms with Crippen LogP contribution in [0.2, 0.25) is 0 Å². The average Bonchev–Trinajstić information content (AvgIpc) is 3.61. The number of benzene rings is 1. The molecule has 11 nitrogen and oxygen atoms in total. The molecule has 4 aromatic rings. The maximum absolute atomic E-state index is 14.5. The summed E-state index contributed by atoms with van der Waals surface area (Å²) in [6, 6.07) is 4.91. The Morgan fingerprint density at radius 3 is 2.78 bits per heavy atom. The Hall–Kier alpha value is -3.81. The van der Waals surface area contributed by atoms with Crippen molar-refractivity contribution in [2.24, 2.45) is 0 Å². The number of hydrogen-bond acceptors (Lipinski definition) is 8. The number of methoxy groups -OCH3 is 1. The van der Waals surface area contributed by atoms with Crippen LogP contribution in [0.1, 0.15) is 43.0 Å². The van der Waals surface area contributed by atoms with Gasteiger partial charge >= 0.3 is 5.69 Å². The summed E-state index contributed by atoms with van der Waals surface area (Å²) in [7, 11) is 1.47. The third-order valence-corrected chi connectivity index (χ3v) is 8.44. The molecule has 1 fully saturated rings. The van der Waals surface area contributed by atoms with E-state index in [4.69, 9.17) is 14.2 Å². The van der Waals surface area contributed by atoms with Crippen molar-refractivity contribution in [3.05, 3.63) is 74.4 Å². The van der Waals surface area contributed by atoms with E-state index in [-0.39, 0.29) is 25.7 Å². The Bertz CT molecular complexity index is 1660. The molecule has 0 saturated carbocycles. The van der Waals surface area contributed by atoms with Crippen LogP contribution in [-0.2, 0) is 20.8 Å². The van der Waals surface area contributed by atoms with E-state index in [1.807, 2.05) is 6.92 Å². The van der Waals surface area contributed by atoms with Crippen LogP contribution in [0.4, 0.5) is 4.39 Å². The number of carbonyl (C=O) groups is 1.